The molecule has 1 aromatic heterocycles. The smallest absolute Gasteiger partial charge is 0.354 e. The van der Waals surface area contributed by atoms with Crippen LogP contribution in [0.1, 0.15) is 32.0 Å². The standard InChI is InChI=1S/C15H13BrN2O3/c1-9-3-2-4-11(13(9)16)14(19)18-8-10-5-6-12(15(20)21)17-7-10/h2-7H,8H2,1H3,(H,18,19)(H,20,21). The second kappa shape index (κ2) is 6.49. The van der Waals surface area contributed by atoms with Gasteiger partial charge in [-0.25, -0.2) is 9.78 Å². The van der Waals surface area contributed by atoms with E-state index >= 15 is 0 Å². The van der Waals surface area contributed by atoms with Crippen LogP contribution in [0, 0.1) is 6.92 Å². The maximum Gasteiger partial charge on any atom is 0.354 e. The van der Waals surface area contributed by atoms with Gasteiger partial charge in [0, 0.05) is 17.2 Å². The fourth-order valence-corrected chi connectivity index (χ4v) is 2.20. The van der Waals surface area contributed by atoms with Crippen LogP contribution in [0.4, 0.5) is 0 Å². The summed E-state index contributed by atoms with van der Waals surface area (Å²) in [4.78, 5) is 26.6. The van der Waals surface area contributed by atoms with Gasteiger partial charge in [-0.1, -0.05) is 18.2 Å². The van der Waals surface area contributed by atoms with Crippen LogP contribution in [-0.4, -0.2) is 22.0 Å². The summed E-state index contributed by atoms with van der Waals surface area (Å²) in [5.41, 5.74) is 2.25. The van der Waals surface area contributed by atoms with Crippen molar-refractivity contribution in [2.45, 2.75) is 13.5 Å². The van der Waals surface area contributed by atoms with Gasteiger partial charge in [0.2, 0.25) is 0 Å². The fourth-order valence-electron chi connectivity index (χ4n) is 1.76. The summed E-state index contributed by atoms with van der Waals surface area (Å²) in [6, 6.07) is 8.50. The van der Waals surface area contributed by atoms with Crippen LogP contribution in [0.3, 0.4) is 0 Å². The van der Waals surface area contributed by atoms with Gasteiger partial charge in [-0.05, 0) is 46.1 Å². The molecule has 1 amide bonds. The monoisotopic (exact) mass is 348 g/mol. The van der Waals surface area contributed by atoms with Crippen LogP contribution in [0.25, 0.3) is 0 Å². The highest BCUT2D eigenvalue weighted by atomic mass is 79.9. The average molecular weight is 349 g/mol. The highest BCUT2D eigenvalue weighted by molar-refractivity contribution is 9.10. The van der Waals surface area contributed by atoms with Crippen LogP contribution in [0.15, 0.2) is 41.0 Å². The molecule has 1 heterocycles. The van der Waals surface area contributed by atoms with Gasteiger partial charge in [0.1, 0.15) is 5.69 Å². The van der Waals surface area contributed by atoms with Crippen molar-refractivity contribution in [2.75, 3.05) is 0 Å². The molecular formula is C15H13BrN2O3. The van der Waals surface area contributed by atoms with Crippen molar-refractivity contribution >= 4 is 27.8 Å². The lowest BCUT2D eigenvalue weighted by molar-refractivity contribution is 0.0690. The van der Waals surface area contributed by atoms with Crippen molar-refractivity contribution in [2.24, 2.45) is 0 Å². The summed E-state index contributed by atoms with van der Waals surface area (Å²) < 4.78 is 0.766. The lowest BCUT2D eigenvalue weighted by atomic mass is 10.1. The molecule has 0 fully saturated rings. The predicted molar refractivity (Wildman–Crippen MR) is 81.2 cm³/mol. The Morgan fingerprint density at radius 1 is 1.29 bits per heavy atom. The number of carboxylic acids is 1. The second-order valence-electron chi connectivity index (χ2n) is 4.48. The molecule has 6 heteroatoms. The molecule has 1 aromatic carbocycles. The summed E-state index contributed by atoms with van der Waals surface area (Å²) in [7, 11) is 0. The summed E-state index contributed by atoms with van der Waals surface area (Å²) in [6.45, 7) is 2.20. The zero-order chi connectivity index (χ0) is 15.4. The maximum absolute atomic E-state index is 12.1. The molecule has 0 atom stereocenters. The van der Waals surface area contributed by atoms with Crippen LogP contribution in [-0.2, 0) is 6.54 Å². The zero-order valence-electron chi connectivity index (χ0n) is 11.3. The number of hydrogen-bond donors (Lipinski definition) is 2. The molecule has 108 valence electrons. The third kappa shape index (κ3) is 3.66. The average Bonchev–Trinajstić information content (AvgIpc) is 2.48. The van der Waals surface area contributed by atoms with E-state index in [2.05, 4.69) is 26.2 Å². The van der Waals surface area contributed by atoms with Crippen molar-refractivity contribution in [3.63, 3.8) is 0 Å². The van der Waals surface area contributed by atoms with Gasteiger partial charge in [-0.2, -0.15) is 0 Å². The number of hydrogen-bond acceptors (Lipinski definition) is 3. The number of aryl methyl sites for hydroxylation is 1. The second-order valence-corrected chi connectivity index (χ2v) is 5.27. The summed E-state index contributed by atoms with van der Waals surface area (Å²) >= 11 is 3.39. The quantitative estimate of drug-likeness (QED) is 0.890. The molecule has 0 saturated carbocycles. The number of carboxylic acid groups (broad SMARTS) is 1. The maximum atomic E-state index is 12.1. The van der Waals surface area contributed by atoms with Gasteiger partial charge >= 0.3 is 5.97 Å². The largest absolute Gasteiger partial charge is 0.477 e. The number of aromatic carboxylic acids is 1. The Hall–Kier alpha value is -2.21. The van der Waals surface area contributed by atoms with Crippen molar-refractivity contribution in [3.05, 3.63) is 63.4 Å². The summed E-state index contributed by atoms with van der Waals surface area (Å²) in [6.07, 6.45) is 1.44. The molecule has 0 radical (unpaired) electrons. The Bertz CT molecular complexity index is 684. The molecule has 0 aliphatic rings. The molecule has 0 saturated heterocycles. The summed E-state index contributed by atoms with van der Waals surface area (Å²) in [5.74, 6) is -1.28. The van der Waals surface area contributed by atoms with E-state index in [-0.39, 0.29) is 18.1 Å². The van der Waals surface area contributed by atoms with E-state index in [9.17, 15) is 9.59 Å². The van der Waals surface area contributed by atoms with Crippen molar-refractivity contribution < 1.29 is 14.7 Å². The number of nitrogens with zero attached hydrogens (tertiary/aromatic N) is 1. The molecule has 5 nitrogen and oxygen atoms in total. The topological polar surface area (TPSA) is 79.3 Å². The fraction of sp³-hybridized carbons (Fsp3) is 0.133. The van der Waals surface area contributed by atoms with E-state index < -0.39 is 5.97 Å². The first-order valence-corrected chi connectivity index (χ1v) is 7.00. The first kappa shape index (κ1) is 15.2. The number of nitrogens with one attached hydrogen (secondary N) is 1. The molecule has 0 unspecified atom stereocenters. The number of carbonyl (C=O) groups excluding carboxylic acids is 1. The highest BCUT2D eigenvalue weighted by Gasteiger charge is 2.11. The van der Waals surface area contributed by atoms with Gasteiger partial charge < -0.3 is 10.4 Å². The minimum Gasteiger partial charge on any atom is -0.477 e. The van der Waals surface area contributed by atoms with Crippen LogP contribution >= 0.6 is 15.9 Å². The highest BCUT2D eigenvalue weighted by Crippen LogP contribution is 2.20. The van der Waals surface area contributed by atoms with E-state index in [1.54, 1.807) is 12.1 Å². The number of pyridine rings is 1. The SMILES string of the molecule is Cc1cccc(C(=O)NCc2ccc(C(=O)O)nc2)c1Br. The normalized spacial score (nSPS) is 10.2. The van der Waals surface area contributed by atoms with Gasteiger partial charge in [0.15, 0.2) is 0 Å². The Labute approximate surface area is 130 Å². The third-order valence-corrected chi connectivity index (χ3v) is 3.99. The van der Waals surface area contributed by atoms with E-state index in [1.807, 2.05) is 19.1 Å². The molecule has 0 spiro atoms. The van der Waals surface area contributed by atoms with Crippen molar-refractivity contribution in [1.82, 2.24) is 10.3 Å². The third-order valence-electron chi connectivity index (χ3n) is 2.93. The number of halogens is 1. The molecule has 0 bridgehead atoms. The van der Waals surface area contributed by atoms with Crippen molar-refractivity contribution in [1.29, 1.82) is 0 Å². The number of benzene rings is 1. The van der Waals surface area contributed by atoms with E-state index in [1.165, 1.54) is 12.3 Å². The van der Waals surface area contributed by atoms with Crippen LogP contribution < -0.4 is 5.32 Å². The summed E-state index contributed by atoms with van der Waals surface area (Å²) in [5, 5.41) is 11.5. The lowest BCUT2D eigenvalue weighted by Gasteiger charge is -2.08. The van der Waals surface area contributed by atoms with Crippen LogP contribution in [0.2, 0.25) is 0 Å². The molecule has 21 heavy (non-hydrogen) atoms. The predicted octanol–water partition coefficient (Wildman–Crippen LogP) is 2.78. The molecule has 0 aliphatic heterocycles. The molecule has 2 rings (SSSR count). The molecule has 2 aromatic rings. The Morgan fingerprint density at radius 3 is 2.67 bits per heavy atom. The Kier molecular flexibility index (Phi) is 4.70. The number of aromatic nitrogens is 1. The number of rotatable bonds is 4. The van der Waals surface area contributed by atoms with Gasteiger partial charge in [-0.15, -0.1) is 0 Å². The van der Waals surface area contributed by atoms with E-state index in [0.717, 1.165) is 15.6 Å². The Morgan fingerprint density at radius 2 is 2.05 bits per heavy atom. The minimum absolute atomic E-state index is 0.0218. The van der Waals surface area contributed by atoms with Gasteiger partial charge in [-0.3, -0.25) is 4.79 Å². The first-order chi connectivity index (χ1) is 9.99. The van der Waals surface area contributed by atoms with Crippen molar-refractivity contribution in [3.8, 4) is 0 Å². The lowest BCUT2D eigenvalue weighted by Crippen LogP contribution is -2.23. The van der Waals surface area contributed by atoms with Crippen LogP contribution in [0.5, 0.6) is 0 Å². The van der Waals surface area contributed by atoms with E-state index in [4.69, 9.17) is 5.11 Å². The number of carbonyl (C=O) groups is 2. The Balaban J connectivity index is 2.04. The van der Waals surface area contributed by atoms with Gasteiger partial charge in [0.05, 0.1) is 5.56 Å². The molecular weight excluding hydrogens is 336 g/mol. The first-order valence-electron chi connectivity index (χ1n) is 6.20. The van der Waals surface area contributed by atoms with Gasteiger partial charge in [0.25, 0.3) is 5.91 Å². The number of amides is 1. The molecule has 2 N–H and O–H groups in total. The zero-order valence-corrected chi connectivity index (χ0v) is 12.8. The van der Waals surface area contributed by atoms with E-state index in [0.29, 0.717) is 5.56 Å². The molecule has 0 aliphatic carbocycles. The minimum atomic E-state index is -1.07.